The molecule has 36 heavy (non-hydrogen) atoms. The third kappa shape index (κ3) is 5.27. The van der Waals surface area contributed by atoms with Gasteiger partial charge in [-0.25, -0.2) is 0 Å². The van der Waals surface area contributed by atoms with Gasteiger partial charge in [-0.2, -0.15) is 4.98 Å². The lowest BCUT2D eigenvalue weighted by Crippen LogP contribution is -2.34. The fraction of sp³-hybridized carbons (Fsp3) is 0.214. The first-order valence-corrected chi connectivity index (χ1v) is 11.9. The smallest absolute Gasteiger partial charge is 0.231 e. The molecule has 182 valence electrons. The summed E-state index contributed by atoms with van der Waals surface area (Å²) in [6, 6.07) is 26.4. The number of guanidine groups is 1. The number of nitrogens with one attached hydrogen (secondary N) is 1. The van der Waals surface area contributed by atoms with Crippen LogP contribution in [-0.4, -0.2) is 39.8 Å². The first-order valence-electron chi connectivity index (χ1n) is 11.9. The maximum Gasteiger partial charge on any atom is 0.231 e. The van der Waals surface area contributed by atoms with E-state index < -0.39 is 0 Å². The van der Waals surface area contributed by atoms with E-state index in [2.05, 4.69) is 51.7 Å². The second-order valence-electron chi connectivity index (χ2n) is 8.86. The highest BCUT2D eigenvalue weighted by Gasteiger charge is 2.29. The van der Waals surface area contributed by atoms with Gasteiger partial charge >= 0.3 is 0 Å². The molecule has 1 saturated heterocycles. The number of likely N-dealkylation sites (tertiary alicyclic amines) is 1. The lowest BCUT2D eigenvalue weighted by molar-refractivity contribution is 0.130. The fourth-order valence-electron chi connectivity index (χ4n) is 4.24. The van der Waals surface area contributed by atoms with Crippen molar-refractivity contribution in [2.45, 2.75) is 25.9 Å². The van der Waals surface area contributed by atoms with E-state index in [0.29, 0.717) is 24.9 Å². The molecule has 0 saturated carbocycles. The maximum atomic E-state index is 7.58. The second-order valence-corrected chi connectivity index (χ2v) is 8.86. The van der Waals surface area contributed by atoms with Gasteiger partial charge in [-0.1, -0.05) is 89.2 Å². The molecule has 0 radical (unpaired) electrons. The Labute approximate surface area is 209 Å². The molecular weight excluding hydrogens is 452 g/mol. The standard InChI is InChI=1S/C28H28N6O2/c1-19(32-35-18-20-7-9-23(10-8-20)22-5-3-2-4-6-22)21-11-13-24(14-12-21)26-31-27(36-33-26)25-15-16-34(17-25)28(29)30/h2-14,25H,15-18H2,1H3,(H3,29,30). The van der Waals surface area contributed by atoms with Crippen molar-refractivity contribution in [2.24, 2.45) is 10.9 Å². The molecule has 2 heterocycles. The molecule has 4 aromatic rings. The van der Waals surface area contributed by atoms with Gasteiger partial charge in [0, 0.05) is 18.7 Å². The summed E-state index contributed by atoms with van der Waals surface area (Å²) in [6.07, 6.45) is 0.840. The third-order valence-electron chi connectivity index (χ3n) is 6.37. The van der Waals surface area contributed by atoms with Gasteiger partial charge in [0.1, 0.15) is 6.61 Å². The van der Waals surface area contributed by atoms with Gasteiger partial charge < -0.3 is 20.0 Å². The Morgan fingerprint density at radius 2 is 1.72 bits per heavy atom. The molecule has 1 atom stereocenters. The van der Waals surface area contributed by atoms with Crippen LogP contribution in [-0.2, 0) is 11.4 Å². The van der Waals surface area contributed by atoms with Crippen LogP contribution in [0.15, 0.2) is 88.5 Å². The number of benzene rings is 3. The first-order chi connectivity index (χ1) is 17.6. The lowest BCUT2D eigenvalue weighted by Gasteiger charge is -2.14. The summed E-state index contributed by atoms with van der Waals surface area (Å²) < 4.78 is 5.49. The Bertz CT molecular complexity index is 1350. The Kier molecular flexibility index (Phi) is 6.75. The van der Waals surface area contributed by atoms with Crippen molar-refractivity contribution in [1.29, 1.82) is 5.41 Å². The highest BCUT2D eigenvalue weighted by atomic mass is 16.6. The molecule has 3 aromatic carbocycles. The monoisotopic (exact) mass is 480 g/mol. The molecule has 1 aliphatic heterocycles. The van der Waals surface area contributed by atoms with E-state index in [0.717, 1.165) is 35.4 Å². The average Bonchev–Trinajstić information content (AvgIpc) is 3.60. The Balaban J connectivity index is 1.17. The van der Waals surface area contributed by atoms with Crippen molar-refractivity contribution in [2.75, 3.05) is 13.1 Å². The Morgan fingerprint density at radius 1 is 1.03 bits per heavy atom. The highest BCUT2D eigenvalue weighted by molar-refractivity contribution is 5.98. The molecule has 1 aromatic heterocycles. The van der Waals surface area contributed by atoms with Crippen molar-refractivity contribution in [3.8, 4) is 22.5 Å². The molecule has 3 N–H and O–H groups in total. The van der Waals surface area contributed by atoms with Gasteiger partial charge in [-0.3, -0.25) is 5.41 Å². The van der Waals surface area contributed by atoms with Crippen molar-refractivity contribution < 1.29 is 9.36 Å². The van der Waals surface area contributed by atoms with Crippen molar-refractivity contribution in [3.05, 3.63) is 95.9 Å². The Morgan fingerprint density at radius 3 is 2.42 bits per heavy atom. The number of oxime groups is 1. The van der Waals surface area contributed by atoms with E-state index in [4.69, 9.17) is 20.5 Å². The van der Waals surface area contributed by atoms with Gasteiger partial charge in [0.25, 0.3) is 0 Å². The predicted octanol–water partition coefficient (Wildman–Crippen LogP) is 5.03. The van der Waals surface area contributed by atoms with Crippen LogP contribution in [0, 0.1) is 5.41 Å². The highest BCUT2D eigenvalue weighted by Crippen LogP contribution is 2.27. The summed E-state index contributed by atoms with van der Waals surface area (Å²) in [7, 11) is 0. The first kappa shape index (κ1) is 23.3. The van der Waals surface area contributed by atoms with Crippen LogP contribution in [0.3, 0.4) is 0 Å². The van der Waals surface area contributed by atoms with Gasteiger partial charge in [0.2, 0.25) is 11.7 Å². The third-order valence-corrected chi connectivity index (χ3v) is 6.37. The zero-order valence-electron chi connectivity index (χ0n) is 20.1. The molecular formula is C28H28N6O2. The number of rotatable bonds is 7. The normalized spacial score (nSPS) is 15.8. The molecule has 1 aliphatic rings. The summed E-state index contributed by atoms with van der Waals surface area (Å²) in [5, 5.41) is 16.0. The van der Waals surface area contributed by atoms with Crippen molar-refractivity contribution >= 4 is 11.7 Å². The largest absolute Gasteiger partial charge is 0.391 e. The van der Waals surface area contributed by atoms with Gasteiger partial charge in [-0.15, -0.1) is 0 Å². The minimum absolute atomic E-state index is 0.0785. The number of aromatic nitrogens is 2. The molecule has 0 aliphatic carbocycles. The number of nitrogens with zero attached hydrogens (tertiary/aromatic N) is 4. The molecule has 0 amide bonds. The van der Waals surface area contributed by atoms with Crippen molar-refractivity contribution in [3.63, 3.8) is 0 Å². The average molecular weight is 481 g/mol. The molecule has 5 rings (SSSR count). The maximum absolute atomic E-state index is 7.58. The van der Waals surface area contributed by atoms with Crippen LogP contribution in [0.4, 0.5) is 0 Å². The summed E-state index contributed by atoms with van der Waals surface area (Å²) in [4.78, 5) is 12.0. The molecule has 0 bridgehead atoms. The van der Waals surface area contributed by atoms with E-state index >= 15 is 0 Å². The zero-order valence-corrected chi connectivity index (χ0v) is 20.1. The second kappa shape index (κ2) is 10.4. The minimum Gasteiger partial charge on any atom is -0.391 e. The molecule has 1 unspecified atom stereocenters. The van der Waals surface area contributed by atoms with Crippen LogP contribution < -0.4 is 5.73 Å². The minimum atomic E-state index is 0.0785. The predicted molar refractivity (Wildman–Crippen MR) is 139 cm³/mol. The van der Waals surface area contributed by atoms with Crippen LogP contribution in [0.1, 0.15) is 36.3 Å². The van der Waals surface area contributed by atoms with Crippen LogP contribution in [0.25, 0.3) is 22.5 Å². The Hall–Kier alpha value is -4.46. The van der Waals surface area contributed by atoms with Gasteiger partial charge in [0.15, 0.2) is 5.96 Å². The summed E-state index contributed by atoms with van der Waals surface area (Å²) in [5.74, 6) is 1.30. The van der Waals surface area contributed by atoms with E-state index in [9.17, 15) is 0 Å². The van der Waals surface area contributed by atoms with E-state index in [-0.39, 0.29) is 11.9 Å². The summed E-state index contributed by atoms with van der Waals surface area (Å²) in [5.41, 5.74) is 11.6. The van der Waals surface area contributed by atoms with Crippen LogP contribution >= 0.6 is 0 Å². The number of nitrogens with two attached hydrogens (primary N) is 1. The van der Waals surface area contributed by atoms with Crippen molar-refractivity contribution in [1.82, 2.24) is 15.0 Å². The lowest BCUT2D eigenvalue weighted by atomic mass is 10.0. The van der Waals surface area contributed by atoms with Gasteiger partial charge in [-0.05, 0) is 35.6 Å². The van der Waals surface area contributed by atoms with Gasteiger partial charge in [0.05, 0.1) is 11.6 Å². The van der Waals surface area contributed by atoms with E-state index in [1.54, 1.807) is 0 Å². The van der Waals surface area contributed by atoms with Crippen LogP contribution in [0.2, 0.25) is 0 Å². The number of hydrogen-bond donors (Lipinski definition) is 2. The summed E-state index contributed by atoms with van der Waals surface area (Å²) >= 11 is 0. The zero-order chi connectivity index (χ0) is 24.9. The quantitative estimate of drug-likeness (QED) is 0.218. The number of hydrogen-bond acceptors (Lipinski definition) is 6. The molecule has 8 nitrogen and oxygen atoms in total. The fourth-order valence-corrected chi connectivity index (χ4v) is 4.24. The van der Waals surface area contributed by atoms with E-state index in [1.807, 2.05) is 54.3 Å². The molecule has 1 fully saturated rings. The molecule has 8 heteroatoms. The van der Waals surface area contributed by atoms with Crippen LogP contribution in [0.5, 0.6) is 0 Å². The summed E-state index contributed by atoms with van der Waals surface area (Å²) in [6.45, 7) is 3.67. The van der Waals surface area contributed by atoms with E-state index in [1.165, 1.54) is 11.1 Å². The SMILES string of the molecule is CC(=NOCc1ccc(-c2ccccc2)cc1)c1ccc(-c2noc(C3CCN(C(=N)N)C3)n2)cc1. The molecule has 0 spiro atoms. The topological polar surface area (TPSA) is 114 Å².